The first kappa shape index (κ1) is 12.4. The first-order chi connectivity index (χ1) is 6.68. The largest absolute Gasteiger partial charge is 0.324 e. The lowest BCUT2D eigenvalue weighted by Crippen LogP contribution is -2.26. The van der Waals surface area contributed by atoms with Crippen molar-refractivity contribution in [2.24, 2.45) is 11.7 Å². The van der Waals surface area contributed by atoms with E-state index in [1.54, 1.807) is 6.07 Å². The van der Waals surface area contributed by atoms with Gasteiger partial charge in [0.2, 0.25) is 0 Å². The second-order valence-electron chi connectivity index (χ2n) is 3.89. The van der Waals surface area contributed by atoms with Crippen LogP contribution in [-0.4, -0.2) is 0 Å². The quantitative estimate of drug-likeness (QED) is 0.834. The third kappa shape index (κ3) is 2.47. The number of hydrogen-bond acceptors (Lipinski definition) is 1. The number of hydrogen-bond donors (Lipinski definition) is 1. The predicted octanol–water partition coefficient (Wildman–Crippen LogP) is 3.19. The molecule has 0 bridgehead atoms. The van der Waals surface area contributed by atoms with Gasteiger partial charge in [0, 0.05) is 6.04 Å². The number of halogens is 3. The Balaban J connectivity index is 0.00000112. The normalized spacial score (nSPS) is 17.8. The van der Waals surface area contributed by atoms with Crippen molar-refractivity contribution in [3.63, 3.8) is 0 Å². The lowest BCUT2D eigenvalue weighted by atomic mass is 9.77. The predicted molar refractivity (Wildman–Crippen MR) is 57.9 cm³/mol. The van der Waals surface area contributed by atoms with Crippen molar-refractivity contribution >= 4 is 12.4 Å². The minimum absolute atomic E-state index is 0. The first-order valence-corrected chi connectivity index (χ1v) is 4.89. The third-order valence-corrected chi connectivity index (χ3v) is 2.99. The molecule has 0 aromatic heterocycles. The lowest BCUT2D eigenvalue weighted by Gasteiger charge is -2.31. The minimum atomic E-state index is -0.811. The Labute approximate surface area is 94.1 Å². The maximum Gasteiger partial charge on any atom is 0.159 e. The summed E-state index contributed by atoms with van der Waals surface area (Å²) in [6.07, 6.45) is 3.39. The molecule has 0 spiro atoms. The molecule has 1 unspecified atom stereocenters. The molecule has 15 heavy (non-hydrogen) atoms. The summed E-state index contributed by atoms with van der Waals surface area (Å²) in [5.41, 5.74) is 6.63. The Bertz CT molecular complexity index is 339. The van der Waals surface area contributed by atoms with Gasteiger partial charge in [0.25, 0.3) is 0 Å². The van der Waals surface area contributed by atoms with Crippen LogP contribution in [0.15, 0.2) is 18.2 Å². The molecule has 0 heterocycles. The Kier molecular flexibility index (Phi) is 4.05. The fourth-order valence-corrected chi connectivity index (χ4v) is 1.79. The van der Waals surface area contributed by atoms with Crippen LogP contribution >= 0.6 is 12.4 Å². The second kappa shape index (κ2) is 4.90. The molecule has 0 aliphatic heterocycles. The van der Waals surface area contributed by atoms with E-state index in [0.29, 0.717) is 11.5 Å². The molecular formula is C11H14ClF2N. The van der Waals surface area contributed by atoms with Crippen molar-refractivity contribution in [1.82, 2.24) is 0 Å². The molecular weight excluding hydrogens is 220 g/mol. The van der Waals surface area contributed by atoms with Gasteiger partial charge in [0.1, 0.15) is 0 Å². The van der Waals surface area contributed by atoms with E-state index in [-0.39, 0.29) is 18.4 Å². The van der Waals surface area contributed by atoms with Crippen molar-refractivity contribution in [2.75, 3.05) is 0 Å². The van der Waals surface area contributed by atoms with Gasteiger partial charge in [0.05, 0.1) is 0 Å². The zero-order chi connectivity index (χ0) is 10.1. The SMILES string of the molecule is Cl.NC(c1ccc(F)c(F)c1)C1CCC1. The zero-order valence-corrected chi connectivity index (χ0v) is 9.07. The summed E-state index contributed by atoms with van der Waals surface area (Å²) in [6.45, 7) is 0. The van der Waals surface area contributed by atoms with Gasteiger partial charge >= 0.3 is 0 Å². The van der Waals surface area contributed by atoms with Crippen molar-refractivity contribution in [3.8, 4) is 0 Å². The molecule has 1 aliphatic carbocycles. The average molecular weight is 234 g/mol. The third-order valence-electron chi connectivity index (χ3n) is 2.99. The van der Waals surface area contributed by atoms with E-state index in [1.807, 2.05) is 0 Å². The average Bonchev–Trinajstić information content (AvgIpc) is 2.06. The molecule has 1 aromatic carbocycles. The van der Waals surface area contributed by atoms with Gasteiger partial charge in [-0.3, -0.25) is 0 Å². The highest BCUT2D eigenvalue weighted by atomic mass is 35.5. The maximum absolute atomic E-state index is 12.9. The molecule has 2 rings (SSSR count). The van der Waals surface area contributed by atoms with E-state index < -0.39 is 11.6 Å². The molecule has 1 fully saturated rings. The molecule has 0 saturated heterocycles. The van der Waals surface area contributed by atoms with E-state index in [4.69, 9.17) is 5.73 Å². The smallest absolute Gasteiger partial charge is 0.159 e. The van der Waals surface area contributed by atoms with Gasteiger partial charge in [-0.25, -0.2) is 8.78 Å². The molecule has 4 heteroatoms. The summed E-state index contributed by atoms with van der Waals surface area (Å²) >= 11 is 0. The molecule has 1 nitrogen and oxygen atoms in total. The topological polar surface area (TPSA) is 26.0 Å². The summed E-state index contributed by atoms with van der Waals surface area (Å²) in [4.78, 5) is 0. The highest BCUT2D eigenvalue weighted by Gasteiger charge is 2.25. The van der Waals surface area contributed by atoms with E-state index in [1.165, 1.54) is 12.5 Å². The molecule has 84 valence electrons. The Morgan fingerprint density at radius 1 is 1.20 bits per heavy atom. The van der Waals surface area contributed by atoms with Gasteiger partial charge in [-0.15, -0.1) is 12.4 Å². The molecule has 0 radical (unpaired) electrons. The van der Waals surface area contributed by atoms with Crippen LogP contribution in [0.1, 0.15) is 30.9 Å². The van der Waals surface area contributed by atoms with Gasteiger partial charge in [0.15, 0.2) is 11.6 Å². The molecule has 1 aromatic rings. The van der Waals surface area contributed by atoms with Gasteiger partial charge in [-0.05, 0) is 36.5 Å². The highest BCUT2D eigenvalue weighted by molar-refractivity contribution is 5.85. The van der Waals surface area contributed by atoms with Gasteiger partial charge in [-0.1, -0.05) is 12.5 Å². The van der Waals surface area contributed by atoms with E-state index in [2.05, 4.69) is 0 Å². The van der Waals surface area contributed by atoms with Crippen LogP contribution in [-0.2, 0) is 0 Å². The molecule has 0 amide bonds. The van der Waals surface area contributed by atoms with E-state index in [9.17, 15) is 8.78 Å². The standard InChI is InChI=1S/C11H13F2N.ClH/c12-9-5-4-8(6-10(9)13)11(14)7-2-1-3-7;/h4-7,11H,1-3,14H2;1H. The number of benzene rings is 1. The van der Waals surface area contributed by atoms with Crippen LogP contribution in [0.4, 0.5) is 8.78 Å². The zero-order valence-electron chi connectivity index (χ0n) is 8.25. The van der Waals surface area contributed by atoms with Gasteiger partial charge < -0.3 is 5.73 Å². The monoisotopic (exact) mass is 233 g/mol. The van der Waals surface area contributed by atoms with Crippen LogP contribution < -0.4 is 5.73 Å². The van der Waals surface area contributed by atoms with Crippen LogP contribution in [0.5, 0.6) is 0 Å². The van der Waals surface area contributed by atoms with Crippen molar-refractivity contribution < 1.29 is 8.78 Å². The number of nitrogens with two attached hydrogens (primary N) is 1. The van der Waals surface area contributed by atoms with Crippen LogP contribution in [0.2, 0.25) is 0 Å². The fourth-order valence-electron chi connectivity index (χ4n) is 1.79. The highest BCUT2D eigenvalue weighted by Crippen LogP contribution is 2.36. The molecule has 1 atom stereocenters. The first-order valence-electron chi connectivity index (χ1n) is 4.89. The van der Waals surface area contributed by atoms with Crippen LogP contribution in [0.25, 0.3) is 0 Å². The maximum atomic E-state index is 12.9. The fraction of sp³-hybridized carbons (Fsp3) is 0.455. The summed E-state index contributed by atoms with van der Waals surface area (Å²) in [6, 6.07) is 3.78. The Hall–Kier alpha value is -0.670. The summed E-state index contributed by atoms with van der Waals surface area (Å²) in [5, 5.41) is 0. The van der Waals surface area contributed by atoms with E-state index >= 15 is 0 Å². The Morgan fingerprint density at radius 3 is 2.33 bits per heavy atom. The lowest BCUT2D eigenvalue weighted by molar-refractivity contribution is 0.264. The molecule has 1 aliphatic rings. The molecule has 2 N–H and O–H groups in total. The minimum Gasteiger partial charge on any atom is -0.324 e. The van der Waals surface area contributed by atoms with Crippen molar-refractivity contribution in [2.45, 2.75) is 25.3 Å². The summed E-state index contributed by atoms with van der Waals surface area (Å²) < 4.78 is 25.5. The summed E-state index contributed by atoms with van der Waals surface area (Å²) in [7, 11) is 0. The van der Waals surface area contributed by atoms with E-state index in [0.717, 1.165) is 18.9 Å². The number of rotatable bonds is 2. The van der Waals surface area contributed by atoms with Crippen LogP contribution in [0.3, 0.4) is 0 Å². The second-order valence-corrected chi connectivity index (χ2v) is 3.89. The van der Waals surface area contributed by atoms with Gasteiger partial charge in [-0.2, -0.15) is 0 Å². The van der Waals surface area contributed by atoms with Crippen molar-refractivity contribution in [1.29, 1.82) is 0 Å². The van der Waals surface area contributed by atoms with Crippen LogP contribution in [0, 0.1) is 17.6 Å². The molecule has 1 saturated carbocycles. The Morgan fingerprint density at radius 2 is 1.87 bits per heavy atom. The summed E-state index contributed by atoms with van der Waals surface area (Å²) in [5.74, 6) is -1.17. The van der Waals surface area contributed by atoms with Crippen molar-refractivity contribution in [3.05, 3.63) is 35.4 Å².